The van der Waals surface area contributed by atoms with Gasteiger partial charge in [0.25, 0.3) is 0 Å². The average Bonchev–Trinajstić information content (AvgIpc) is 2.44. The topological polar surface area (TPSA) is 54.0 Å². The van der Waals surface area contributed by atoms with Gasteiger partial charge in [0.05, 0.1) is 25.9 Å². The van der Waals surface area contributed by atoms with Crippen LogP contribution in [0.4, 0.5) is 0 Å². The Morgan fingerprint density at radius 3 is 2.85 bits per heavy atom. The molecular formula is C15H32N2O3. The molecule has 1 heterocycles. The van der Waals surface area contributed by atoms with Crippen LogP contribution in [0, 0.1) is 0 Å². The molecule has 0 aromatic heterocycles. The molecule has 120 valence electrons. The Kier molecular flexibility index (Phi) is 9.39. The SMILES string of the molecule is CCNC(C)C1CCCCN1CC(O)COCCOC. The van der Waals surface area contributed by atoms with Crippen molar-refractivity contribution in [2.75, 3.05) is 46.6 Å². The van der Waals surface area contributed by atoms with E-state index in [0.717, 1.165) is 13.1 Å². The highest BCUT2D eigenvalue weighted by Gasteiger charge is 2.28. The number of nitrogens with one attached hydrogen (secondary N) is 1. The van der Waals surface area contributed by atoms with Gasteiger partial charge in [0.2, 0.25) is 0 Å². The van der Waals surface area contributed by atoms with Crippen LogP contribution in [0.25, 0.3) is 0 Å². The molecule has 1 rings (SSSR count). The fourth-order valence-corrected chi connectivity index (χ4v) is 2.95. The van der Waals surface area contributed by atoms with Gasteiger partial charge in [-0.05, 0) is 32.9 Å². The first-order valence-electron chi connectivity index (χ1n) is 7.91. The third-order valence-corrected chi connectivity index (χ3v) is 3.95. The summed E-state index contributed by atoms with van der Waals surface area (Å²) in [5.41, 5.74) is 0. The largest absolute Gasteiger partial charge is 0.389 e. The van der Waals surface area contributed by atoms with Gasteiger partial charge in [-0.25, -0.2) is 0 Å². The fraction of sp³-hybridized carbons (Fsp3) is 1.00. The summed E-state index contributed by atoms with van der Waals surface area (Å²) in [4.78, 5) is 2.42. The van der Waals surface area contributed by atoms with Crippen molar-refractivity contribution in [3.8, 4) is 0 Å². The van der Waals surface area contributed by atoms with E-state index >= 15 is 0 Å². The minimum absolute atomic E-state index is 0.391. The molecule has 5 heteroatoms. The van der Waals surface area contributed by atoms with E-state index < -0.39 is 6.10 Å². The maximum Gasteiger partial charge on any atom is 0.0900 e. The monoisotopic (exact) mass is 288 g/mol. The summed E-state index contributed by atoms with van der Waals surface area (Å²) < 4.78 is 10.3. The number of nitrogens with zero attached hydrogens (tertiary/aromatic N) is 1. The van der Waals surface area contributed by atoms with E-state index in [1.807, 2.05) is 0 Å². The van der Waals surface area contributed by atoms with Crippen molar-refractivity contribution in [3.63, 3.8) is 0 Å². The van der Waals surface area contributed by atoms with Crippen LogP contribution in [-0.2, 0) is 9.47 Å². The lowest BCUT2D eigenvalue weighted by atomic mass is 9.96. The van der Waals surface area contributed by atoms with Crippen LogP contribution in [0.1, 0.15) is 33.1 Å². The molecule has 1 saturated heterocycles. The molecule has 0 amide bonds. The second-order valence-electron chi connectivity index (χ2n) is 5.63. The smallest absolute Gasteiger partial charge is 0.0900 e. The number of hydrogen-bond acceptors (Lipinski definition) is 5. The van der Waals surface area contributed by atoms with E-state index in [0.29, 0.717) is 38.4 Å². The molecule has 1 aliphatic rings. The lowest BCUT2D eigenvalue weighted by molar-refractivity contribution is -0.0139. The van der Waals surface area contributed by atoms with Gasteiger partial charge in [-0.15, -0.1) is 0 Å². The van der Waals surface area contributed by atoms with Gasteiger partial charge in [0.1, 0.15) is 0 Å². The molecule has 5 nitrogen and oxygen atoms in total. The van der Waals surface area contributed by atoms with E-state index in [-0.39, 0.29) is 0 Å². The van der Waals surface area contributed by atoms with Crippen molar-refractivity contribution in [1.29, 1.82) is 0 Å². The lowest BCUT2D eigenvalue weighted by Crippen LogP contribution is -2.53. The maximum atomic E-state index is 10.1. The molecule has 1 aliphatic heterocycles. The van der Waals surface area contributed by atoms with Gasteiger partial charge >= 0.3 is 0 Å². The van der Waals surface area contributed by atoms with Gasteiger partial charge in [0, 0.05) is 25.7 Å². The number of likely N-dealkylation sites (tertiary alicyclic amines) is 1. The zero-order valence-electron chi connectivity index (χ0n) is 13.3. The first kappa shape index (κ1) is 17.9. The van der Waals surface area contributed by atoms with Gasteiger partial charge in [-0.1, -0.05) is 13.3 Å². The number of piperidine rings is 1. The second kappa shape index (κ2) is 10.5. The molecule has 2 N–H and O–H groups in total. The molecule has 0 saturated carbocycles. The summed E-state index contributed by atoms with van der Waals surface area (Å²) in [5.74, 6) is 0. The minimum atomic E-state index is -0.415. The zero-order chi connectivity index (χ0) is 14.8. The van der Waals surface area contributed by atoms with Gasteiger partial charge in [0.15, 0.2) is 0 Å². The Labute approximate surface area is 123 Å². The Balaban J connectivity index is 2.33. The number of aliphatic hydroxyl groups is 1. The molecule has 3 atom stereocenters. The Morgan fingerprint density at radius 1 is 1.35 bits per heavy atom. The maximum absolute atomic E-state index is 10.1. The Bertz CT molecular complexity index is 241. The zero-order valence-corrected chi connectivity index (χ0v) is 13.3. The fourth-order valence-electron chi connectivity index (χ4n) is 2.95. The third kappa shape index (κ3) is 6.50. The molecule has 0 aromatic carbocycles. The molecule has 0 radical (unpaired) electrons. The Morgan fingerprint density at radius 2 is 2.15 bits per heavy atom. The Hall–Kier alpha value is -0.200. The van der Waals surface area contributed by atoms with Gasteiger partial charge in [-0.2, -0.15) is 0 Å². The first-order valence-corrected chi connectivity index (χ1v) is 7.91. The summed E-state index contributed by atoms with van der Waals surface area (Å²) in [5, 5.41) is 13.6. The molecular weight excluding hydrogens is 256 g/mol. The van der Waals surface area contributed by atoms with Gasteiger partial charge < -0.3 is 19.9 Å². The van der Waals surface area contributed by atoms with Crippen molar-refractivity contribution in [2.24, 2.45) is 0 Å². The number of β-amino-alcohol motifs (C(OH)–C–C–N with tert-alkyl or cyclic N) is 1. The standard InChI is InChI=1S/C15H32N2O3/c1-4-16-13(2)15-7-5-6-8-17(15)11-14(18)12-20-10-9-19-3/h13-16,18H,4-12H2,1-3H3. The lowest BCUT2D eigenvalue weighted by Gasteiger charge is -2.40. The highest BCUT2D eigenvalue weighted by Crippen LogP contribution is 2.20. The van der Waals surface area contributed by atoms with Gasteiger partial charge in [-0.3, -0.25) is 4.90 Å². The van der Waals surface area contributed by atoms with Crippen LogP contribution in [-0.4, -0.2) is 74.8 Å². The van der Waals surface area contributed by atoms with Crippen LogP contribution in [0.2, 0.25) is 0 Å². The number of rotatable bonds is 10. The molecule has 0 aromatic rings. The van der Waals surface area contributed by atoms with Crippen molar-refractivity contribution < 1.29 is 14.6 Å². The molecule has 0 bridgehead atoms. The molecule has 0 aliphatic carbocycles. The molecule has 3 unspecified atom stereocenters. The van der Waals surface area contributed by atoms with Crippen molar-refractivity contribution in [1.82, 2.24) is 10.2 Å². The van der Waals surface area contributed by atoms with Crippen molar-refractivity contribution in [2.45, 2.75) is 51.3 Å². The van der Waals surface area contributed by atoms with E-state index in [1.165, 1.54) is 19.3 Å². The number of methoxy groups -OCH3 is 1. The van der Waals surface area contributed by atoms with Crippen LogP contribution < -0.4 is 5.32 Å². The highest BCUT2D eigenvalue weighted by atomic mass is 16.5. The van der Waals surface area contributed by atoms with Crippen molar-refractivity contribution >= 4 is 0 Å². The highest BCUT2D eigenvalue weighted by molar-refractivity contribution is 4.85. The second-order valence-corrected chi connectivity index (χ2v) is 5.63. The summed E-state index contributed by atoms with van der Waals surface area (Å²) in [6.07, 6.45) is 3.32. The normalized spacial score (nSPS) is 23.7. The number of likely N-dealkylation sites (N-methyl/N-ethyl adjacent to an activating group) is 1. The molecule has 20 heavy (non-hydrogen) atoms. The number of aliphatic hydroxyl groups excluding tert-OH is 1. The van der Waals surface area contributed by atoms with Crippen LogP contribution >= 0.6 is 0 Å². The summed E-state index contributed by atoms with van der Waals surface area (Å²) >= 11 is 0. The first-order chi connectivity index (χ1) is 9.69. The average molecular weight is 288 g/mol. The third-order valence-electron chi connectivity index (χ3n) is 3.95. The summed E-state index contributed by atoms with van der Waals surface area (Å²) in [7, 11) is 1.65. The van der Waals surface area contributed by atoms with Crippen LogP contribution in [0.15, 0.2) is 0 Å². The summed E-state index contributed by atoms with van der Waals surface area (Å²) in [6, 6.07) is 0.999. The van der Waals surface area contributed by atoms with E-state index in [9.17, 15) is 5.11 Å². The van der Waals surface area contributed by atoms with Crippen LogP contribution in [0.5, 0.6) is 0 Å². The van der Waals surface area contributed by atoms with E-state index in [1.54, 1.807) is 7.11 Å². The van der Waals surface area contributed by atoms with Crippen molar-refractivity contribution in [3.05, 3.63) is 0 Å². The quantitative estimate of drug-likeness (QED) is 0.584. The van der Waals surface area contributed by atoms with Crippen LogP contribution in [0.3, 0.4) is 0 Å². The minimum Gasteiger partial charge on any atom is -0.389 e. The summed E-state index contributed by atoms with van der Waals surface area (Å²) in [6.45, 7) is 8.68. The molecule has 1 fully saturated rings. The number of hydrogen-bond donors (Lipinski definition) is 2. The molecule has 0 spiro atoms. The van der Waals surface area contributed by atoms with E-state index in [2.05, 4.69) is 24.1 Å². The predicted octanol–water partition coefficient (Wildman–Crippen LogP) is 0.863. The number of ether oxygens (including phenoxy) is 2. The van der Waals surface area contributed by atoms with E-state index in [4.69, 9.17) is 9.47 Å². The predicted molar refractivity (Wildman–Crippen MR) is 81.1 cm³/mol.